The Morgan fingerprint density at radius 3 is 2.31 bits per heavy atom. The molecule has 2 aromatic rings. The number of rotatable bonds is 1. The van der Waals surface area contributed by atoms with E-state index in [2.05, 4.69) is 54.1 Å². The molecule has 0 saturated carbocycles. The van der Waals surface area contributed by atoms with Gasteiger partial charge in [-0.05, 0) is 0 Å². The van der Waals surface area contributed by atoms with Crippen molar-refractivity contribution in [3.63, 3.8) is 0 Å². The summed E-state index contributed by atoms with van der Waals surface area (Å²) in [4.78, 5) is 0. The third-order valence-corrected chi connectivity index (χ3v) is 4.78. The molecule has 0 amide bonds. The molecule has 0 atom stereocenters. The van der Waals surface area contributed by atoms with Gasteiger partial charge in [0.05, 0.1) is 0 Å². The molecule has 66 valence electrons. The molecule has 13 heavy (non-hydrogen) atoms. The van der Waals surface area contributed by atoms with Crippen LogP contribution in [0.2, 0.25) is 11.6 Å². The van der Waals surface area contributed by atoms with E-state index in [1.807, 2.05) is 0 Å². The van der Waals surface area contributed by atoms with Crippen molar-refractivity contribution in [1.29, 1.82) is 0 Å². The second-order valence-electron chi connectivity index (χ2n) is 3.29. The molecule has 0 aliphatic carbocycles. The van der Waals surface area contributed by atoms with Crippen molar-refractivity contribution in [3.8, 4) is 0 Å². The van der Waals surface area contributed by atoms with Gasteiger partial charge in [0.15, 0.2) is 0 Å². The Bertz CT molecular complexity index is 413. The Morgan fingerprint density at radius 1 is 0.846 bits per heavy atom. The number of benzene rings is 2. The van der Waals surface area contributed by atoms with Crippen molar-refractivity contribution in [3.05, 3.63) is 42.5 Å². The van der Waals surface area contributed by atoms with Gasteiger partial charge in [-0.1, -0.05) is 0 Å². The maximum atomic E-state index is 2.36. The zero-order chi connectivity index (χ0) is 9.26. The minimum absolute atomic E-state index is 0.551. The average Bonchev–Trinajstić information content (AvgIpc) is 2.17. The van der Waals surface area contributed by atoms with E-state index >= 15 is 0 Å². The molecule has 0 unspecified atom stereocenters. The Balaban J connectivity index is 2.76. The maximum absolute atomic E-state index is 2.36. The van der Waals surface area contributed by atoms with Crippen LogP contribution in [0.3, 0.4) is 0 Å². The van der Waals surface area contributed by atoms with Crippen LogP contribution in [0.1, 0.15) is 0 Å². The van der Waals surface area contributed by atoms with Crippen LogP contribution in [0, 0.1) is 0 Å². The van der Waals surface area contributed by atoms with E-state index in [1.165, 1.54) is 10.8 Å². The van der Waals surface area contributed by atoms with E-state index in [0.717, 1.165) is 0 Å². The summed E-state index contributed by atoms with van der Waals surface area (Å²) in [7, 11) is 0. The van der Waals surface area contributed by atoms with Crippen molar-refractivity contribution in [2.45, 2.75) is 11.6 Å². The number of hydrogen-bond donors (Lipinski definition) is 0. The van der Waals surface area contributed by atoms with E-state index < -0.39 is 13.9 Å². The predicted octanol–water partition coefficient (Wildman–Crippen LogP) is 2.80. The molecule has 0 aliphatic heterocycles. The van der Waals surface area contributed by atoms with Crippen molar-refractivity contribution in [2.24, 2.45) is 0 Å². The SMILES string of the molecule is C[Se+](C)c1cccc2ccccc12. The van der Waals surface area contributed by atoms with Crippen LogP contribution < -0.4 is 4.46 Å². The molecular formula is C12H13Se+. The molecule has 0 saturated heterocycles. The van der Waals surface area contributed by atoms with Gasteiger partial charge in [0.1, 0.15) is 0 Å². The monoisotopic (exact) mass is 237 g/mol. The van der Waals surface area contributed by atoms with Crippen LogP contribution in [0.15, 0.2) is 42.5 Å². The molecule has 0 spiro atoms. The predicted molar refractivity (Wildman–Crippen MR) is 61.1 cm³/mol. The zero-order valence-electron chi connectivity index (χ0n) is 7.95. The molecule has 0 radical (unpaired) electrons. The van der Waals surface area contributed by atoms with Crippen LogP contribution in [-0.2, 0) is 0 Å². The van der Waals surface area contributed by atoms with Crippen molar-refractivity contribution in [1.82, 2.24) is 0 Å². The van der Waals surface area contributed by atoms with E-state index in [0.29, 0.717) is 0 Å². The van der Waals surface area contributed by atoms with Crippen molar-refractivity contribution in [2.75, 3.05) is 0 Å². The van der Waals surface area contributed by atoms with Crippen LogP contribution >= 0.6 is 0 Å². The van der Waals surface area contributed by atoms with Gasteiger partial charge in [-0.3, -0.25) is 0 Å². The zero-order valence-corrected chi connectivity index (χ0v) is 9.66. The van der Waals surface area contributed by atoms with Gasteiger partial charge < -0.3 is 0 Å². The van der Waals surface area contributed by atoms with Gasteiger partial charge in [-0.2, -0.15) is 0 Å². The molecule has 0 N–H and O–H groups in total. The molecule has 2 rings (SSSR count). The Morgan fingerprint density at radius 2 is 1.54 bits per heavy atom. The first-order chi connectivity index (χ1) is 6.29. The Hall–Kier alpha value is -0.781. The second kappa shape index (κ2) is 3.53. The molecule has 2 aromatic carbocycles. The quantitative estimate of drug-likeness (QED) is 0.668. The minimum atomic E-state index is -0.551. The standard InChI is InChI=1S/C12H13Se/c1-13(2)12-9-5-7-10-6-3-4-8-11(10)12/h3-9H,1-2H3/q+1. The van der Waals surface area contributed by atoms with Crippen LogP contribution in [0.5, 0.6) is 0 Å². The molecule has 0 heterocycles. The van der Waals surface area contributed by atoms with E-state index in [-0.39, 0.29) is 0 Å². The molecule has 0 nitrogen and oxygen atoms in total. The van der Waals surface area contributed by atoms with Gasteiger partial charge >= 0.3 is 83.2 Å². The molecule has 0 aliphatic rings. The molecule has 1 heteroatoms. The van der Waals surface area contributed by atoms with Crippen molar-refractivity contribution < 1.29 is 0 Å². The van der Waals surface area contributed by atoms with E-state index in [1.54, 1.807) is 4.46 Å². The summed E-state index contributed by atoms with van der Waals surface area (Å²) < 4.78 is 1.57. The summed E-state index contributed by atoms with van der Waals surface area (Å²) in [6.45, 7) is 0. The van der Waals surface area contributed by atoms with Gasteiger partial charge in [-0.25, -0.2) is 0 Å². The van der Waals surface area contributed by atoms with Crippen LogP contribution in [0.25, 0.3) is 10.8 Å². The Kier molecular flexibility index (Phi) is 2.39. The Labute approximate surface area is 83.5 Å². The normalized spacial score (nSPS) is 11.0. The summed E-state index contributed by atoms with van der Waals surface area (Å²) >= 11 is -0.551. The fourth-order valence-corrected chi connectivity index (χ4v) is 3.60. The summed E-state index contributed by atoms with van der Waals surface area (Å²) in [5, 5.41) is 2.82. The van der Waals surface area contributed by atoms with Gasteiger partial charge in [0.2, 0.25) is 0 Å². The summed E-state index contributed by atoms with van der Waals surface area (Å²) in [6.07, 6.45) is 0. The summed E-state index contributed by atoms with van der Waals surface area (Å²) in [5.74, 6) is 4.73. The van der Waals surface area contributed by atoms with E-state index in [4.69, 9.17) is 0 Å². The van der Waals surface area contributed by atoms with Gasteiger partial charge in [-0.15, -0.1) is 0 Å². The third-order valence-electron chi connectivity index (χ3n) is 2.19. The van der Waals surface area contributed by atoms with Gasteiger partial charge in [0.25, 0.3) is 0 Å². The van der Waals surface area contributed by atoms with Crippen molar-refractivity contribution >= 4 is 29.1 Å². The van der Waals surface area contributed by atoms with Crippen LogP contribution in [0.4, 0.5) is 0 Å². The molecule has 0 aromatic heterocycles. The molecule has 0 bridgehead atoms. The first-order valence-electron chi connectivity index (χ1n) is 4.34. The number of hydrogen-bond acceptors (Lipinski definition) is 0. The first-order valence-corrected chi connectivity index (χ1v) is 8.62. The average molecular weight is 236 g/mol. The number of fused-ring (bicyclic) bond motifs is 1. The topological polar surface area (TPSA) is 0 Å². The fraction of sp³-hybridized carbons (Fsp3) is 0.167. The van der Waals surface area contributed by atoms with Gasteiger partial charge in [0, 0.05) is 0 Å². The first kappa shape index (κ1) is 8.80. The fourth-order valence-electron chi connectivity index (χ4n) is 1.55. The molecule has 0 fully saturated rings. The van der Waals surface area contributed by atoms with Crippen LogP contribution in [-0.4, -0.2) is 13.9 Å². The summed E-state index contributed by atoms with van der Waals surface area (Å²) in [5.41, 5.74) is 0. The van der Waals surface area contributed by atoms with E-state index in [9.17, 15) is 0 Å². The third kappa shape index (κ3) is 1.63. The molecular weight excluding hydrogens is 223 g/mol. The second-order valence-corrected chi connectivity index (χ2v) is 7.64. The summed E-state index contributed by atoms with van der Waals surface area (Å²) in [6, 6.07) is 15.3.